The lowest BCUT2D eigenvalue weighted by Crippen LogP contribution is -3.00. The van der Waals surface area contributed by atoms with E-state index in [1.807, 2.05) is 0 Å². The highest BCUT2D eigenvalue weighted by atomic mass is 35.5. The molecule has 3 heterocycles. The molecule has 0 aromatic heterocycles. The van der Waals surface area contributed by atoms with Crippen molar-refractivity contribution in [1.29, 1.82) is 0 Å². The number of aliphatic hydroxyl groups is 1. The van der Waals surface area contributed by atoms with Gasteiger partial charge >= 0.3 is 0 Å². The molecule has 3 rings (SSSR count). The van der Waals surface area contributed by atoms with Gasteiger partial charge in [0.1, 0.15) is 0 Å². The Morgan fingerprint density at radius 1 is 0.929 bits per heavy atom. The molecular formula is C11H20ClNO. The van der Waals surface area contributed by atoms with Crippen LogP contribution in [-0.2, 0) is 0 Å². The molecule has 3 atom stereocenters. The molecular weight excluding hydrogens is 198 g/mol. The quantitative estimate of drug-likeness (QED) is 0.479. The van der Waals surface area contributed by atoms with Crippen LogP contribution >= 0.6 is 0 Å². The van der Waals surface area contributed by atoms with Gasteiger partial charge in [-0.3, -0.25) is 0 Å². The Hall–Kier alpha value is 0.210. The van der Waals surface area contributed by atoms with Gasteiger partial charge in [-0.05, 0) is 0 Å². The summed E-state index contributed by atoms with van der Waals surface area (Å²) in [4.78, 5) is 0. The number of rotatable bonds is 0. The zero-order valence-electron chi connectivity index (χ0n) is 8.66. The van der Waals surface area contributed by atoms with E-state index in [-0.39, 0.29) is 18.5 Å². The molecule has 3 heteroatoms. The van der Waals surface area contributed by atoms with Crippen LogP contribution in [0.25, 0.3) is 0 Å². The van der Waals surface area contributed by atoms with E-state index in [4.69, 9.17) is 0 Å². The van der Waals surface area contributed by atoms with Gasteiger partial charge in [-0.1, -0.05) is 0 Å². The lowest BCUT2D eigenvalue weighted by Gasteiger charge is -2.46. The van der Waals surface area contributed by atoms with Crippen molar-refractivity contribution in [3.8, 4) is 0 Å². The minimum absolute atomic E-state index is 0. The fourth-order valence-corrected chi connectivity index (χ4v) is 4.23. The number of aliphatic hydroxyl groups excluding tert-OH is 1. The third kappa shape index (κ3) is 1.31. The summed E-state index contributed by atoms with van der Waals surface area (Å²) in [6, 6.07) is 1.66. The van der Waals surface area contributed by atoms with Crippen molar-refractivity contribution in [3.05, 3.63) is 0 Å². The Morgan fingerprint density at radius 2 is 1.43 bits per heavy atom. The van der Waals surface area contributed by atoms with Gasteiger partial charge in [-0.15, -0.1) is 0 Å². The monoisotopic (exact) mass is 217 g/mol. The predicted octanol–water partition coefficient (Wildman–Crippen LogP) is -1.71. The van der Waals surface area contributed by atoms with Crippen molar-refractivity contribution in [3.63, 3.8) is 0 Å². The van der Waals surface area contributed by atoms with Crippen LogP contribution in [0.15, 0.2) is 0 Å². The highest BCUT2D eigenvalue weighted by molar-refractivity contribution is 4.87. The molecule has 3 aliphatic heterocycles. The fourth-order valence-electron chi connectivity index (χ4n) is 4.23. The van der Waals surface area contributed by atoms with Gasteiger partial charge in [0, 0.05) is 38.5 Å². The number of halogens is 1. The molecule has 3 fully saturated rings. The van der Waals surface area contributed by atoms with Crippen LogP contribution in [0.5, 0.6) is 0 Å². The molecule has 82 valence electrons. The largest absolute Gasteiger partial charge is 1.00 e. The van der Waals surface area contributed by atoms with Crippen LogP contribution in [0, 0.1) is 0 Å². The van der Waals surface area contributed by atoms with Crippen molar-refractivity contribution in [2.75, 3.05) is 13.1 Å². The molecule has 2 bridgehead atoms. The van der Waals surface area contributed by atoms with E-state index in [2.05, 4.69) is 0 Å². The van der Waals surface area contributed by atoms with Crippen molar-refractivity contribution < 1.29 is 22.0 Å². The first-order valence-corrected chi connectivity index (χ1v) is 5.86. The van der Waals surface area contributed by atoms with E-state index in [1.54, 1.807) is 0 Å². The van der Waals surface area contributed by atoms with Gasteiger partial charge in [0.05, 0.1) is 31.3 Å². The van der Waals surface area contributed by atoms with Crippen molar-refractivity contribution in [2.24, 2.45) is 0 Å². The van der Waals surface area contributed by atoms with Crippen molar-refractivity contribution in [2.45, 2.75) is 56.7 Å². The summed E-state index contributed by atoms with van der Waals surface area (Å²) >= 11 is 0. The maximum Gasteiger partial charge on any atom is 0.0919 e. The molecule has 0 saturated carbocycles. The summed E-state index contributed by atoms with van der Waals surface area (Å²) in [5.74, 6) is 0. The molecule has 3 saturated heterocycles. The number of hydrogen-bond acceptors (Lipinski definition) is 1. The summed E-state index contributed by atoms with van der Waals surface area (Å²) in [5, 5.41) is 9.72. The normalized spacial score (nSPS) is 43.9. The van der Waals surface area contributed by atoms with Crippen LogP contribution in [0.2, 0.25) is 0 Å². The molecule has 1 N–H and O–H groups in total. The first-order valence-electron chi connectivity index (χ1n) is 5.86. The lowest BCUT2D eigenvalue weighted by molar-refractivity contribution is -0.956. The third-order valence-corrected chi connectivity index (χ3v) is 4.77. The average molecular weight is 218 g/mol. The van der Waals surface area contributed by atoms with Gasteiger partial charge in [0.2, 0.25) is 0 Å². The van der Waals surface area contributed by atoms with E-state index in [9.17, 15) is 5.11 Å². The average Bonchev–Trinajstić information content (AvgIpc) is 2.63. The highest BCUT2D eigenvalue weighted by Crippen LogP contribution is 2.45. The second-order valence-electron chi connectivity index (χ2n) is 5.27. The molecule has 3 aliphatic rings. The van der Waals surface area contributed by atoms with Gasteiger partial charge in [0.25, 0.3) is 0 Å². The van der Waals surface area contributed by atoms with Crippen LogP contribution in [0.4, 0.5) is 0 Å². The van der Waals surface area contributed by atoms with Gasteiger partial charge in [-0.25, -0.2) is 0 Å². The maximum atomic E-state index is 9.72. The zero-order valence-corrected chi connectivity index (χ0v) is 9.42. The number of quaternary nitrogens is 1. The summed E-state index contributed by atoms with van der Waals surface area (Å²) in [6.07, 6.45) is 7.87. The molecule has 1 spiro atoms. The van der Waals surface area contributed by atoms with E-state index < -0.39 is 0 Å². The predicted molar refractivity (Wildman–Crippen MR) is 51.3 cm³/mol. The van der Waals surface area contributed by atoms with Crippen LogP contribution in [0.1, 0.15) is 38.5 Å². The second kappa shape index (κ2) is 3.66. The number of hydrogen-bond donors (Lipinski definition) is 1. The van der Waals surface area contributed by atoms with E-state index in [0.29, 0.717) is 0 Å². The molecule has 0 aromatic carbocycles. The summed E-state index contributed by atoms with van der Waals surface area (Å²) < 4.78 is 1.41. The topological polar surface area (TPSA) is 20.2 Å². The molecule has 0 amide bonds. The Morgan fingerprint density at radius 3 is 1.93 bits per heavy atom. The Kier molecular flexibility index (Phi) is 2.80. The van der Waals surface area contributed by atoms with E-state index in [0.717, 1.165) is 24.9 Å². The van der Waals surface area contributed by atoms with Crippen molar-refractivity contribution in [1.82, 2.24) is 0 Å². The summed E-state index contributed by atoms with van der Waals surface area (Å²) in [7, 11) is 0. The summed E-state index contributed by atoms with van der Waals surface area (Å²) in [6.45, 7) is 2.84. The van der Waals surface area contributed by atoms with E-state index in [1.165, 1.54) is 43.3 Å². The molecule has 14 heavy (non-hydrogen) atoms. The van der Waals surface area contributed by atoms with Crippen LogP contribution < -0.4 is 12.4 Å². The SMILES string of the molecule is OC1C[C@H]2CC[C@@H](C1)[N+]21CCCC1.[Cl-]. The van der Waals surface area contributed by atoms with Gasteiger partial charge in [-0.2, -0.15) is 0 Å². The molecule has 1 unspecified atom stereocenters. The Labute approximate surface area is 92.3 Å². The Balaban J connectivity index is 0.000000750. The second-order valence-corrected chi connectivity index (χ2v) is 5.27. The highest BCUT2D eigenvalue weighted by Gasteiger charge is 2.54. The first-order chi connectivity index (χ1) is 6.31. The van der Waals surface area contributed by atoms with E-state index >= 15 is 0 Å². The van der Waals surface area contributed by atoms with Gasteiger partial charge < -0.3 is 22.0 Å². The van der Waals surface area contributed by atoms with Gasteiger partial charge in [0.15, 0.2) is 0 Å². The van der Waals surface area contributed by atoms with Crippen molar-refractivity contribution >= 4 is 0 Å². The lowest BCUT2D eigenvalue weighted by atomic mass is 9.97. The molecule has 0 aliphatic carbocycles. The molecule has 2 nitrogen and oxygen atoms in total. The Bertz CT molecular complexity index is 199. The smallest absolute Gasteiger partial charge is 0.0919 e. The maximum absolute atomic E-state index is 9.72. The third-order valence-electron chi connectivity index (χ3n) is 4.77. The zero-order chi connectivity index (χ0) is 8.89. The first kappa shape index (κ1) is 10.7. The molecule has 0 radical (unpaired) electrons. The number of piperidine rings is 1. The fraction of sp³-hybridized carbons (Fsp3) is 1.00. The summed E-state index contributed by atoms with van der Waals surface area (Å²) in [5.41, 5.74) is 0. The minimum Gasteiger partial charge on any atom is -1.00 e. The molecule has 0 aromatic rings. The number of nitrogens with zero attached hydrogens (tertiary/aromatic N) is 1. The van der Waals surface area contributed by atoms with Crippen LogP contribution in [0.3, 0.4) is 0 Å². The van der Waals surface area contributed by atoms with Crippen LogP contribution in [-0.4, -0.2) is 40.9 Å². The standard InChI is InChI=1S/C11H20NO.ClH/c13-11-7-9-3-4-10(8-11)12(9)5-1-2-6-12;/h9-11,13H,1-8H2;1H/q+1;/p-1/t9-,10+,11?;. The minimum atomic E-state index is 0.